The lowest BCUT2D eigenvalue weighted by atomic mass is 9.98. The lowest BCUT2D eigenvalue weighted by Crippen LogP contribution is -2.00. The molecule has 2 heteroatoms. The molecule has 0 aliphatic carbocycles. The Morgan fingerprint density at radius 2 is 2.12 bits per heavy atom. The molecule has 1 heterocycles. The van der Waals surface area contributed by atoms with Gasteiger partial charge in [-0.3, -0.25) is 0 Å². The molecule has 90 valence electrons. The van der Waals surface area contributed by atoms with Crippen LogP contribution in [0.4, 0.5) is 0 Å². The summed E-state index contributed by atoms with van der Waals surface area (Å²) in [4.78, 5) is 0. The molecule has 0 aliphatic heterocycles. The van der Waals surface area contributed by atoms with Crippen LogP contribution < -0.4 is 0 Å². The van der Waals surface area contributed by atoms with Crippen molar-refractivity contribution in [3.63, 3.8) is 0 Å². The van der Waals surface area contributed by atoms with Gasteiger partial charge in [0.05, 0.1) is 0 Å². The molecule has 1 aromatic heterocycles. The maximum Gasteiger partial charge on any atom is 0.105 e. The highest BCUT2D eigenvalue weighted by atomic mass is 32.1. The van der Waals surface area contributed by atoms with Crippen LogP contribution in [0.5, 0.6) is 0 Å². The highest BCUT2D eigenvalue weighted by Gasteiger charge is 2.13. The summed E-state index contributed by atoms with van der Waals surface area (Å²) in [5, 5.41) is 14.5. The number of aliphatic hydroxyl groups is 1. The molecule has 1 atom stereocenters. The van der Waals surface area contributed by atoms with Crippen molar-refractivity contribution in [3.05, 3.63) is 57.3 Å². The molecular formula is C15H18OS. The second-order valence-electron chi connectivity index (χ2n) is 4.41. The zero-order chi connectivity index (χ0) is 12.3. The molecule has 0 spiro atoms. The van der Waals surface area contributed by atoms with Gasteiger partial charge in [0.2, 0.25) is 0 Å². The van der Waals surface area contributed by atoms with Crippen molar-refractivity contribution in [1.82, 2.24) is 0 Å². The van der Waals surface area contributed by atoms with E-state index in [1.165, 1.54) is 11.1 Å². The molecule has 0 saturated heterocycles. The first kappa shape index (κ1) is 12.3. The monoisotopic (exact) mass is 246 g/mol. The Balaban J connectivity index is 2.28. The quantitative estimate of drug-likeness (QED) is 0.861. The fourth-order valence-electron chi connectivity index (χ4n) is 2.04. The Labute approximate surface area is 107 Å². The predicted octanol–water partition coefficient (Wildman–Crippen LogP) is 4.09. The van der Waals surface area contributed by atoms with Gasteiger partial charge in [0.25, 0.3) is 0 Å². The Hall–Kier alpha value is -1.12. The molecule has 0 aliphatic rings. The first-order valence-corrected chi connectivity index (χ1v) is 6.96. The van der Waals surface area contributed by atoms with E-state index in [9.17, 15) is 5.11 Å². The molecule has 0 amide bonds. The average Bonchev–Trinajstić information content (AvgIpc) is 2.75. The van der Waals surface area contributed by atoms with E-state index in [0.29, 0.717) is 0 Å². The van der Waals surface area contributed by atoms with Gasteiger partial charge in [-0.1, -0.05) is 37.6 Å². The molecule has 1 unspecified atom stereocenters. The molecule has 1 nitrogen and oxygen atoms in total. The third-order valence-electron chi connectivity index (χ3n) is 3.00. The molecule has 0 radical (unpaired) electrons. The Bertz CT molecular complexity index is 487. The van der Waals surface area contributed by atoms with Crippen molar-refractivity contribution < 1.29 is 5.11 Å². The van der Waals surface area contributed by atoms with Crippen molar-refractivity contribution in [1.29, 1.82) is 0 Å². The van der Waals surface area contributed by atoms with E-state index in [0.717, 1.165) is 24.0 Å². The maximum absolute atomic E-state index is 10.4. The van der Waals surface area contributed by atoms with Crippen LogP contribution in [-0.2, 0) is 6.42 Å². The Morgan fingerprint density at radius 3 is 2.76 bits per heavy atom. The normalized spacial score (nSPS) is 12.6. The first-order valence-electron chi connectivity index (χ1n) is 6.02. The van der Waals surface area contributed by atoms with Gasteiger partial charge in [-0.05, 0) is 46.4 Å². The van der Waals surface area contributed by atoms with E-state index in [1.54, 1.807) is 11.3 Å². The number of benzene rings is 1. The van der Waals surface area contributed by atoms with Gasteiger partial charge in [-0.25, -0.2) is 0 Å². The lowest BCUT2D eigenvalue weighted by molar-refractivity contribution is 0.220. The molecule has 0 bridgehead atoms. The van der Waals surface area contributed by atoms with E-state index >= 15 is 0 Å². The third-order valence-corrected chi connectivity index (χ3v) is 3.87. The van der Waals surface area contributed by atoms with Crippen molar-refractivity contribution in [3.8, 4) is 0 Å². The van der Waals surface area contributed by atoms with Crippen molar-refractivity contribution in [2.24, 2.45) is 0 Å². The lowest BCUT2D eigenvalue weighted by Gasteiger charge is -2.12. The minimum Gasteiger partial charge on any atom is -0.384 e. The summed E-state index contributed by atoms with van der Waals surface area (Å²) in [6, 6.07) is 8.28. The van der Waals surface area contributed by atoms with Crippen LogP contribution in [0.1, 0.15) is 41.7 Å². The van der Waals surface area contributed by atoms with Gasteiger partial charge >= 0.3 is 0 Å². The smallest absolute Gasteiger partial charge is 0.105 e. The second kappa shape index (κ2) is 5.48. The van der Waals surface area contributed by atoms with Crippen molar-refractivity contribution in [2.45, 2.75) is 32.8 Å². The predicted molar refractivity (Wildman–Crippen MR) is 73.6 cm³/mol. The minimum absolute atomic E-state index is 0.488. The van der Waals surface area contributed by atoms with Crippen LogP contribution in [0, 0.1) is 6.92 Å². The number of aryl methyl sites for hydroxylation is 2. The first-order chi connectivity index (χ1) is 8.22. The van der Waals surface area contributed by atoms with Crippen LogP contribution in [-0.4, -0.2) is 5.11 Å². The van der Waals surface area contributed by atoms with Crippen LogP contribution >= 0.6 is 11.3 Å². The zero-order valence-corrected chi connectivity index (χ0v) is 11.1. The van der Waals surface area contributed by atoms with Gasteiger partial charge in [0, 0.05) is 0 Å². The average molecular weight is 246 g/mol. The van der Waals surface area contributed by atoms with Gasteiger partial charge in [-0.2, -0.15) is 11.3 Å². The minimum atomic E-state index is -0.488. The molecule has 0 saturated carbocycles. The van der Waals surface area contributed by atoms with Gasteiger partial charge < -0.3 is 5.11 Å². The molecular weight excluding hydrogens is 228 g/mol. The number of hydrogen-bond donors (Lipinski definition) is 1. The summed E-state index contributed by atoms with van der Waals surface area (Å²) < 4.78 is 0. The standard InChI is InChI=1S/C15H18OS/c1-3-5-12-6-4-7-13(8-12)15(16)14-10-17-9-11(14)2/h4,6-10,15-16H,3,5H2,1-2H3. The summed E-state index contributed by atoms with van der Waals surface area (Å²) in [5.41, 5.74) is 4.50. The van der Waals surface area contributed by atoms with Gasteiger partial charge in [0.1, 0.15) is 6.10 Å². The van der Waals surface area contributed by atoms with Crippen molar-refractivity contribution in [2.75, 3.05) is 0 Å². The number of thiophene rings is 1. The van der Waals surface area contributed by atoms with E-state index in [-0.39, 0.29) is 0 Å². The molecule has 1 N–H and O–H groups in total. The summed E-state index contributed by atoms with van der Waals surface area (Å²) >= 11 is 1.64. The number of rotatable bonds is 4. The van der Waals surface area contributed by atoms with Crippen LogP contribution in [0.3, 0.4) is 0 Å². The highest BCUT2D eigenvalue weighted by Crippen LogP contribution is 2.27. The van der Waals surface area contributed by atoms with E-state index in [1.807, 2.05) is 24.4 Å². The topological polar surface area (TPSA) is 20.2 Å². The SMILES string of the molecule is CCCc1cccc(C(O)c2cscc2C)c1. The molecule has 2 rings (SSSR count). The third kappa shape index (κ3) is 2.76. The second-order valence-corrected chi connectivity index (χ2v) is 5.15. The molecule has 1 aromatic carbocycles. The summed E-state index contributed by atoms with van der Waals surface area (Å²) in [5.74, 6) is 0. The van der Waals surface area contributed by atoms with E-state index < -0.39 is 6.10 Å². The largest absolute Gasteiger partial charge is 0.384 e. The van der Waals surface area contributed by atoms with Crippen LogP contribution in [0.2, 0.25) is 0 Å². The van der Waals surface area contributed by atoms with Gasteiger partial charge in [0.15, 0.2) is 0 Å². The van der Waals surface area contributed by atoms with Crippen molar-refractivity contribution >= 4 is 11.3 Å². The van der Waals surface area contributed by atoms with Crippen LogP contribution in [0.15, 0.2) is 35.0 Å². The maximum atomic E-state index is 10.4. The van der Waals surface area contributed by atoms with Crippen LogP contribution in [0.25, 0.3) is 0 Å². The zero-order valence-electron chi connectivity index (χ0n) is 10.3. The van der Waals surface area contributed by atoms with E-state index in [4.69, 9.17) is 0 Å². The molecule has 2 aromatic rings. The Morgan fingerprint density at radius 1 is 1.29 bits per heavy atom. The fraction of sp³-hybridized carbons (Fsp3) is 0.333. The summed E-state index contributed by atoms with van der Waals surface area (Å²) in [6.45, 7) is 4.22. The summed E-state index contributed by atoms with van der Waals surface area (Å²) in [7, 11) is 0. The fourth-order valence-corrected chi connectivity index (χ4v) is 2.91. The highest BCUT2D eigenvalue weighted by molar-refractivity contribution is 7.08. The summed E-state index contributed by atoms with van der Waals surface area (Å²) in [6.07, 6.45) is 1.72. The van der Waals surface area contributed by atoms with Gasteiger partial charge in [-0.15, -0.1) is 0 Å². The molecule has 0 fully saturated rings. The van der Waals surface area contributed by atoms with E-state index in [2.05, 4.69) is 24.4 Å². The number of hydrogen-bond acceptors (Lipinski definition) is 2. The number of aliphatic hydroxyl groups excluding tert-OH is 1. The molecule has 17 heavy (non-hydrogen) atoms. The Kier molecular flexibility index (Phi) is 3.97.